The van der Waals surface area contributed by atoms with Gasteiger partial charge in [-0.05, 0) is 74.4 Å². The van der Waals surface area contributed by atoms with E-state index in [-0.39, 0.29) is 30.8 Å². The number of amides is 2. The fourth-order valence-electron chi connectivity index (χ4n) is 5.70. The van der Waals surface area contributed by atoms with E-state index in [9.17, 15) is 18.0 Å². The maximum atomic E-state index is 14.0. The molecule has 0 aliphatic heterocycles. The monoisotopic (exact) mass is 603 g/mol. The third-order valence-electron chi connectivity index (χ3n) is 8.38. The smallest absolute Gasteiger partial charge is 0.243 e. The van der Waals surface area contributed by atoms with Gasteiger partial charge in [-0.25, -0.2) is 8.42 Å². The zero-order valence-corrected chi connectivity index (χ0v) is 26.7. The average Bonchev–Trinajstić information content (AvgIpc) is 3.48. The second-order valence-electron chi connectivity index (χ2n) is 11.9. The summed E-state index contributed by atoms with van der Waals surface area (Å²) in [5, 5.41) is 3.23. The zero-order valence-electron chi connectivity index (χ0n) is 25.9. The minimum atomic E-state index is -3.56. The molecule has 1 atom stereocenters. The number of carbonyl (C=O) groups is 2. The lowest BCUT2D eigenvalue weighted by atomic mass is 10.0. The fourth-order valence-corrected chi connectivity index (χ4v) is 6.65. The molecule has 43 heavy (non-hydrogen) atoms. The molecule has 3 aromatic rings. The van der Waals surface area contributed by atoms with E-state index in [0.717, 1.165) is 53.5 Å². The Hall–Kier alpha value is -3.65. The maximum absolute atomic E-state index is 14.0. The van der Waals surface area contributed by atoms with E-state index < -0.39 is 16.1 Å². The Morgan fingerprint density at radius 3 is 2.19 bits per heavy atom. The van der Waals surface area contributed by atoms with E-state index in [1.54, 1.807) is 11.0 Å². The summed E-state index contributed by atoms with van der Waals surface area (Å²) in [7, 11) is -3.56. The first-order valence-corrected chi connectivity index (χ1v) is 17.1. The highest BCUT2D eigenvalue weighted by atomic mass is 32.2. The molecular formula is C35H45N3O4S. The highest BCUT2D eigenvalue weighted by Crippen LogP contribution is 2.24. The number of nitrogens with one attached hydrogen (secondary N) is 1. The quantitative estimate of drug-likeness (QED) is 0.265. The summed E-state index contributed by atoms with van der Waals surface area (Å²) in [6.07, 6.45) is 6.13. The van der Waals surface area contributed by atoms with Crippen LogP contribution in [0.25, 0.3) is 0 Å². The molecule has 0 bridgehead atoms. The van der Waals surface area contributed by atoms with E-state index in [0.29, 0.717) is 25.1 Å². The summed E-state index contributed by atoms with van der Waals surface area (Å²) < 4.78 is 26.9. The molecular weight excluding hydrogens is 558 g/mol. The van der Waals surface area contributed by atoms with Gasteiger partial charge < -0.3 is 10.2 Å². The van der Waals surface area contributed by atoms with Gasteiger partial charge in [0.05, 0.1) is 11.9 Å². The van der Waals surface area contributed by atoms with E-state index in [1.165, 1.54) is 10.6 Å². The molecule has 0 saturated heterocycles. The zero-order chi connectivity index (χ0) is 31.0. The number of aryl methyl sites for hydroxylation is 3. The van der Waals surface area contributed by atoms with E-state index in [2.05, 4.69) is 5.32 Å². The number of hydrogen-bond donors (Lipinski definition) is 1. The van der Waals surface area contributed by atoms with E-state index in [4.69, 9.17) is 0 Å². The van der Waals surface area contributed by atoms with Crippen LogP contribution >= 0.6 is 0 Å². The molecule has 3 aromatic carbocycles. The van der Waals surface area contributed by atoms with Crippen LogP contribution in [0.1, 0.15) is 66.3 Å². The normalized spacial score (nSPS) is 14.3. The van der Waals surface area contributed by atoms with Gasteiger partial charge in [0.1, 0.15) is 6.04 Å². The van der Waals surface area contributed by atoms with E-state index >= 15 is 0 Å². The Kier molecular flexibility index (Phi) is 11.0. The van der Waals surface area contributed by atoms with Gasteiger partial charge in [0.2, 0.25) is 21.8 Å². The lowest BCUT2D eigenvalue weighted by molar-refractivity contribution is -0.141. The third kappa shape index (κ3) is 9.17. The van der Waals surface area contributed by atoms with Crippen molar-refractivity contribution >= 4 is 27.5 Å². The Balaban J connectivity index is 1.58. The maximum Gasteiger partial charge on any atom is 0.243 e. The molecule has 230 valence electrons. The lowest BCUT2D eigenvalue weighted by Crippen LogP contribution is -2.52. The molecule has 0 spiro atoms. The van der Waals surface area contributed by atoms with Crippen LogP contribution in [0.5, 0.6) is 0 Å². The summed E-state index contributed by atoms with van der Waals surface area (Å²) >= 11 is 0. The second-order valence-corrected chi connectivity index (χ2v) is 13.8. The highest BCUT2D eigenvalue weighted by Gasteiger charge is 2.32. The van der Waals surface area contributed by atoms with Gasteiger partial charge in [-0.1, -0.05) is 79.1 Å². The van der Waals surface area contributed by atoms with Crippen molar-refractivity contribution < 1.29 is 18.0 Å². The van der Waals surface area contributed by atoms with Crippen LogP contribution in [0.2, 0.25) is 0 Å². The molecule has 0 aromatic heterocycles. The minimum Gasteiger partial charge on any atom is -0.352 e. The summed E-state index contributed by atoms with van der Waals surface area (Å²) in [6, 6.07) is 22.8. The van der Waals surface area contributed by atoms with Crippen LogP contribution in [-0.4, -0.2) is 50.0 Å². The van der Waals surface area contributed by atoms with Crippen LogP contribution < -0.4 is 9.62 Å². The van der Waals surface area contributed by atoms with Crippen molar-refractivity contribution in [2.45, 2.75) is 84.3 Å². The molecule has 1 fully saturated rings. The molecule has 1 saturated carbocycles. The molecule has 1 N–H and O–H groups in total. The van der Waals surface area contributed by atoms with Gasteiger partial charge in [-0.15, -0.1) is 0 Å². The van der Waals surface area contributed by atoms with Crippen LogP contribution in [-0.2, 0) is 32.6 Å². The number of nitrogens with zero attached hydrogens (tertiary/aromatic N) is 2. The average molecular weight is 604 g/mol. The van der Waals surface area contributed by atoms with Crippen LogP contribution in [0.3, 0.4) is 0 Å². The highest BCUT2D eigenvalue weighted by molar-refractivity contribution is 7.92. The molecule has 1 aliphatic carbocycles. The van der Waals surface area contributed by atoms with Crippen molar-refractivity contribution in [1.29, 1.82) is 0 Å². The molecule has 2 amide bonds. The standard InChI is InChI=1S/C35H45N3O4S/c1-26-16-19-30(20-17-26)25-37(33(24-29-11-6-5-7-12-29)35(40)36-31-13-8-9-14-31)34(39)15-10-22-38(43(4,41)42)32-21-18-27(2)28(3)23-32/h5-7,11-12,16-21,23,31,33H,8-10,13-15,22,24-25H2,1-4H3,(H,36,40)/t33-/m1/s1. The summed E-state index contributed by atoms with van der Waals surface area (Å²) in [6.45, 7) is 6.42. The fraction of sp³-hybridized carbons (Fsp3) is 0.429. The van der Waals surface area contributed by atoms with Crippen LogP contribution in [0.4, 0.5) is 5.69 Å². The number of rotatable bonds is 13. The largest absolute Gasteiger partial charge is 0.352 e. The van der Waals surface area contributed by atoms with Crippen molar-refractivity contribution in [1.82, 2.24) is 10.2 Å². The number of sulfonamides is 1. The molecule has 8 heteroatoms. The first kappa shape index (κ1) is 32.3. The number of carbonyl (C=O) groups excluding carboxylic acids is 2. The van der Waals surface area contributed by atoms with Gasteiger partial charge in [-0.3, -0.25) is 13.9 Å². The minimum absolute atomic E-state index is 0.116. The third-order valence-corrected chi connectivity index (χ3v) is 9.57. The lowest BCUT2D eigenvalue weighted by Gasteiger charge is -2.33. The van der Waals surface area contributed by atoms with Crippen LogP contribution in [0.15, 0.2) is 72.8 Å². The second kappa shape index (κ2) is 14.7. The summed E-state index contributed by atoms with van der Waals surface area (Å²) in [5.74, 6) is -0.305. The number of benzene rings is 3. The molecule has 1 aliphatic rings. The van der Waals surface area contributed by atoms with Gasteiger partial charge in [0, 0.05) is 32.0 Å². The molecule has 0 unspecified atom stereocenters. The Morgan fingerprint density at radius 2 is 1.56 bits per heavy atom. The van der Waals surface area contributed by atoms with Crippen molar-refractivity contribution in [3.05, 3.63) is 101 Å². The van der Waals surface area contributed by atoms with Crippen molar-refractivity contribution in [2.24, 2.45) is 0 Å². The van der Waals surface area contributed by atoms with Gasteiger partial charge in [-0.2, -0.15) is 0 Å². The molecule has 7 nitrogen and oxygen atoms in total. The van der Waals surface area contributed by atoms with E-state index in [1.807, 2.05) is 87.5 Å². The van der Waals surface area contributed by atoms with Gasteiger partial charge in [0.25, 0.3) is 0 Å². The van der Waals surface area contributed by atoms with Crippen LogP contribution in [0, 0.1) is 20.8 Å². The Labute approximate surface area is 257 Å². The SMILES string of the molecule is Cc1ccc(CN(C(=O)CCCN(c2ccc(C)c(C)c2)S(C)(=O)=O)[C@H](Cc2ccccc2)C(=O)NC2CCCC2)cc1. The predicted octanol–water partition coefficient (Wildman–Crippen LogP) is 5.86. The molecule has 0 radical (unpaired) electrons. The predicted molar refractivity (Wildman–Crippen MR) is 173 cm³/mol. The van der Waals surface area contributed by atoms with Crippen molar-refractivity contribution in [3.8, 4) is 0 Å². The summed E-state index contributed by atoms with van der Waals surface area (Å²) in [5.41, 5.74) is 5.72. The molecule has 4 rings (SSSR count). The number of anilines is 1. The Morgan fingerprint density at radius 1 is 0.884 bits per heavy atom. The first-order chi connectivity index (χ1) is 20.5. The van der Waals surface area contributed by atoms with Gasteiger partial charge >= 0.3 is 0 Å². The molecule has 0 heterocycles. The van der Waals surface area contributed by atoms with Crippen molar-refractivity contribution in [2.75, 3.05) is 17.1 Å². The topological polar surface area (TPSA) is 86.8 Å². The Bertz CT molecular complexity index is 1480. The van der Waals surface area contributed by atoms with Crippen molar-refractivity contribution in [3.63, 3.8) is 0 Å². The first-order valence-electron chi connectivity index (χ1n) is 15.3. The summed E-state index contributed by atoms with van der Waals surface area (Å²) in [4.78, 5) is 29.6. The number of hydrogen-bond acceptors (Lipinski definition) is 4. The van der Waals surface area contributed by atoms with Gasteiger partial charge in [0.15, 0.2) is 0 Å².